The standard InChI is InChI=1S/C12H11N5O4/c13-3-1-2-8(5-14)6-16-7-9(17(20)21)4-10(11(15)18)12(16)19/h4,7-8H,1-2,6H2,(H2,15,18). The Balaban J connectivity index is 3.26. The molecule has 108 valence electrons. The molecule has 9 heteroatoms. The number of carbonyl (C=O) groups is 1. The lowest BCUT2D eigenvalue weighted by atomic mass is 10.1. The van der Waals surface area contributed by atoms with Gasteiger partial charge in [-0.05, 0) is 6.42 Å². The van der Waals surface area contributed by atoms with Crippen LogP contribution in [0.5, 0.6) is 0 Å². The largest absolute Gasteiger partial charge is 0.365 e. The van der Waals surface area contributed by atoms with Crippen LogP contribution in [-0.4, -0.2) is 15.4 Å². The third kappa shape index (κ3) is 3.88. The Bertz CT molecular complexity index is 710. The first-order valence-electron chi connectivity index (χ1n) is 5.86. The third-order valence-corrected chi connectivity index (χ3v) is 2.75. The van der Waals surface area contributed by atoms with Crippen LogP contribution < -0.4 is 11.3 Å². The molecule has 0 fully saturated rings. The maximum Gasteiger partial charge on any atom is 0.286 e. The molecule has 0 saturated heterocycles. The zero-order valence-electron chi connectivity index (χ0n) is 10.9. The van der Waals surface area contributed by atoms with Crippen LogP contribution in [0.2, 0.25) is 0 Å². The van der Waals surface area contributed by atoms with Gasteiger partial charge in [-0.2, -0.15) is 10.5 Å². The second-order valence-corrected chi connectivity index (χ2v) is 4.21. The summed E-state index contributed by atoms with van der Waals surface area (Å²) in [5, 5.41) is 28.2. The molecule has 0 aliphatic rings. The van der Waals surface area contributed by atoms with E-state index in [-0.39, 0.29) is 19.4 Å². The van der Waals surface area contributed by atoms with Crippen LogP contribution in [0.25, 0.3) is 0 Å². The SMILES string of the molecule is N#CCCC(C#N)Cn1cc([N+](=O)[O-])cc(C(N)=O)c1=O. The van der Waals surface area contributed by atoms with Crippen molar-refractivity contribution < 1.29 is 9.72 Å². The van der Waals surface area contributed by atoms with Gasteiger partial charge in [-0.3, -0.25) is 19.7 Å². The number of hydrogen-bond acceptors (Lipinski definition) is 6. The average molecular weight is 289 g/mol. The number of hydrogen-bond donors (Lipinski definition) is 1. The summed E-state index contributed by atoms with van der Waals surface area (Å²) in [6.07, 6.45) is 1.28. The average Bonchev–Trinajstić information content (AvgIpc) is 2.44. The van der Waals surface area contributed by atoms with Crippen LogP contribution in [0, 0.1) is 38.7 Å². The number of nitrogens with zero attached hydrogens (tertiary/aromatic N) is 4. The van der Waals surface area contributed by atoms with Crippen molar-refractivity contribution in [2.45, 2.75) is 19.4 Å². The fraction of sp³-hybridized carbons (Fsp3) is 0.333. The molecule has 1 atom stereocenters. The van der Waals surface area contributed by atoms with Crippen LogP contribution in [0.1, 0.15) is 23.2 Å². The van der Waals surface area contributed by atoms with Gasteiger partial charge in [0, 0.05) is 19.0 Å². The molecule has 0 bridgehead atoms. The Labute approximate surface area is 119 Å². The predicted molar refractivity (Wildman–Crippen MR) is 69.8 cm³/mol. The predicted octanol–water partition coefficient (Wildman–Crippen LogP) is 0.299. The van der Waals surface area contributed by atoms with Crippen LogP contribution >= 0.6 is 0 Å². The highest BCUT2D eigenvalue weighted by molar-refractivity contribution is 5.92. The Morgan fingerprint density at radius 2 is 2.19 bits per heavy atom. The molecule has 0 spiro atoms. The first-order valence-corrected chi connectivity index (χ1v) is 5.86. The highest BCUT2D eigenvalue weighted by Crippen LogP contribution is 2.13. The lowest BCUT2D eigenvalue weighted by molar-refractivity contribution is -0.385. The molecule has 21 heavy (non-hydrogen) atoms. The number of carbonyl (C=O) groups excluding carboxylic acids is 1. The number of amides is 1. The summed E-state index contributed by atoms with van der Waals surface area (Å²) >= 11 is 0. The molecule has 9 nitrogen and oxygen atoms in total. The topological polar surface area (TPSA) is 156 Å². The van der Waals surface area contributed by atoms with Crippen LogP contribution in [-0.2, 0) is 6.54 Å². The number of pyridine rings is 1. The monoisotopic (exact) mass is 289 g/mol. The van der Waals surface area contributed by atoms with E-state index in [9.17, 15) is 19.7 Å². The van der Waals surface area contributed by atoms with E-state index in [1.54, 1.807) is 0 Å². The summed E-state index contributed by atoms with van der Waals surface area (Å²) < 4.78 is 0.906. The number of nitro groups is 1. The minimum atomic E-state index is -1.08. The fourth-order valence-electron chi connectivity index (χ4n) is 1.70. The van der Waals surface area contributed by atoms with Crippen molar-refractivity contribution in [1.82, 2.24) is 4.57 Å². The summed E-state index contributed by atoms with van der Waals surface area (Å²) in [7, 11) is 0. The second kappa shape index (κ2) is 6.82. The van der Waals surface area contributed by atoms with E-state index in [1.807, 2.05) is 12.1 Å². The molecular weight excluding hydrogens is 278 g/mol. The number of primary amides is 1. The second-order valence-electron chi connectivity index (χ2n) is 4.21. The quantitative estimate of drug-likeness (QED) is 0.586. The van der Waals surface area contributed by atoms with Crippen molar-refractivity contribution in [2.24, 2.45) is 11.7 Å². The molecule has 0 radical (unpaired) electrons. The Morgan fingerprint density at radius 1 is 1.52 bits per heavy atom. The lowest BCUT2D eigenvalue weighted by Gasteiger charge is -2.10. The molecular formula is C12H11N5O4. The van der Waals surface area contributed by atoms with Gasteiger partial charge in [0.25, 0.3) is 17.2 Å². The number of nitriles is 2. The van der Waals surface area contributed by atoms with Crippen LogP contribution in [0.15, 0.2) is 17.1 Å². The van der Waals surface area contributed by atoms with Crippen molar-refractivity contribution in [3.63, 3.8) is 0 Å². The van der Waals surface area contributed by atoms with Gasteiger partial charge >= 0.3 is 0 Å². The zero-order chi connectivity index (χ0) is 16.0. The van der Waals surface area contributed by atoms with Crippen LogP contribution in [0.3, 0.4) is 0 Å². The van der Waals surface area contributed by atoms with E-state index in [4.69, 9.17) is 16.3 Å². The van der Waals surface area contributed by atoms with Gasteiger partial charge in [0.2, 0.25) is 0 Å². The van der Waals surface area contributed by atoms with Crippen molar-refractivity contribution in [1.29, 1.82) is 10.5 Å². The van der Waals surface area contributed by atoms with Crippen molar-refractivity contribution >= 4 is 11.6 Å². The summed E-state index contributed by atoms with van der Waals surface area (Å²) in [4.78, 5) is 33.2. The highest BCUT2D eigenvalue weighted by Gasteiger charge is 2.19. The molecule has 0 aliphatic carbocycles. The first-order chi connectivity index (χ1) is 9.90. The van der Waals surface area contributed by atoms with E-state index in [0.29, 0.717) is 0 Å². The smallest absolute Gasteiger partial charge is 0.286 e. The maximum atomic E-state index is 12.0. The molecule has 2 N–H and O–H groups in total. The minimum Gasteiger partial charge on any atom is -0.365 e. The van der Waals surface area contributed by atoms with E-state index in [0.717, 1.165) is 16.8 Å². The minimum absolute atomic E-state index is 0.116. The lowest BCUT2D eigenvalue weighted by Crippen LogP contribution is -2.31. The summed E-state index contributed by atoms with van der Waals surface area (Å²) in [5.74, 6) is -1.76. The normalized spacial score (nSPS) is 11.1. The molecule has 1 aromatic rings. The van der Waals surface area contributed by atoms with Gasteiger partial charge < -0.3 is 10.3 Å². The zero-order valence-corrected chi connectivity index (χ0v) is 10.9. The molecule has 0 saturated carbocycles. The van der Waals surface area contributed by atoms with Gasteiger partial charge in [-0.25, -0.2) is 0 Å². The molecule has 1 rings (SSSR count). The van der Waals surface area contributed by atoms with E-state index >= 15 is 0 Å². The summed E-state index contributed by atoms with van der Waals surface area (Å²) in [5.41, 5.74) is 3.23. The molecule has 1 amide bonds. The Kier molecular flexibility index (Phi) is 5.15. The van der Waals surface area contributed by atoms with Gasteiger partial charge in [-0.1, -0.05) is 0 Å². The highest BCUT2D eigenvalue weighted by atomic mass is 16.6. The molecule has 1 unspecified atom stereocenters. The Morgan fingerprint density at radius 3 is 2.67 bits per heavy atom. The van der Waals surface area contributed by atoms with Gasteiger partial charge in [0.15, 0.2) is 0 Å². The van der Waals surface area contributed by atoms with Crippen molar-refractivity contribution in [3.05, 3.63) is 38.3 Å². The van der Waals surface area contributed by atoms with Gasteiger partial charge in [0.05, 0.1) is 29.2 Å². The maximum absolute atomic E-state index is 12.0. The van der Waals surface area contributed by atoms with Crippen molar-refractivity contribution in [3.8, 4) is 12.1 Å². The van der Waals surface area contributed by atoms with Gasteiger partial charge in [0.1, 0.15) is 5.56 Å². The van der Waals surface area contributed by atoms with E-state index < -0.39 is 33.6 Å². The van der Waals surface area contributed by atoms with Gasteiger partial charge in [-0.15, -0.1) is 0 Å². The summed E-state index contributed by atoms with van der Waals surface area (Å²) in [6, 6.07) is 4.59. The fourth-order valence-corrected chi connectivity index (χ4v) is 1.70. The van der Waals surface area contributed by atoms with Crippen molar-refractivity contribution in [2.75, 3.05) is 0 Å². The Hall–Kier alpha value is -3.20. The molecule has 1 heterocycles. The third-order valence-electron chi connectivity index (χ3n) is 2.75. The van der Waals surface area contributed by atoms with E-state index in [2.05, 4.69) is 0 Å². The van der Waals surface area contributed by atoms with E-state index in [1.165, 1.54) is 0 Å². The molecule has 0 aromatic carbocycles. The first kappa shape index (κ1) is 15.9. The number of rotatable bonds is 6. The molecule has 1 aromatic heterocycles. The molecule has 0 aliphatic heterocycles. The summed E-state index contributed by atoms with van der Waals surface area (Å²) in [6.45, 7) is -0.154. The van der Waals surface area contributed by atoms with Crippen LogP contribution in [0.4, 0.5) is 5.69 Å². The number of nitrogens with two attached hydrogens (primary N) is 1. The number of aromatic nitrogens is 1.